The molecule has 0 spiro atoms. The van der Waals surface area contributed by atoms with E-state index >= 15 is 0 Å². The molecule has 0 saturated heterocycles. The van der Waals surface area contributed by atoms with Gasteiger partial charge in [-0.25, -0.2) is 4.79 Å². The smallest absolute Gasteiger partial charge is 0.349 e. The highest BCUT2D eigenvalue weighted by molar-refractivity contribution is 5.23. The van der Waals surface area contributed by atoms with Gasteiger partial charge in [-0.15, -0.1) is 0 Å². The number of anilines is 1. The van der Waals surface area contributed by atoms with Gasteiger partial charge in [0.1, 0.15) is 5.82 Å². The first-order chi connectivity index (χ1) is 12.1. The largest absolute Gasteiger partial charge is 0.383 e. The standard InChI is InChI=1S/C19H33N5O/c1-2-23(16-9-5-15(20)6-10-16)13-14-3-7-17(8-4-14)24-12-11-18(21)22-19(24)25/h11-12,14-17H,2-10,13,20H2,1H3,(H2,21,22,25). The van der Waals surface area contributed by atoms with Crippen molar-refractivity contribution in [3.8, 4) is 0 Å². The van der Waals surface area contributed by atoms with Gasteiger partial charge in [0.05, 0.1) is 0 Å². The van der Waals surface area contributed by atoms with Crippen LogP contribution in [0.5, 0.6) is 0 Å². The Hall–Kier alpha value is -1.40. The lowest BCUT2D eigenvalue weighted by Crippen LogP contribution is -2.43. The van der Waals surface area contributed by atoms with Crippen LogP contribution in [0.25, 0.3) is 0 Å². The number of aromatic nitrogens is 2. The highest BCUT2D eigenvalue weighted by atomic mass is 16.1. The van der Waals surface area contributed by atoms with E-state index in [1.165, 1.54) is 45.1 Å². The fourth-order valence-electron chi connectivity index (χ4n) is 4.64. The summed E-state index contributed by atoms with van der Waals surface area (Å²) < 4.78 is 1.77. The van der Waals surface area contributed by atoms with E-state index in [1.54, 1.807) is 16.8 Å². The quantitative estimate of drug-likeness (QED) is 0.852. The molecular formula is C19H33N5O. The molecule has 0 radical (unpaired) electrons. The summed E-state index contributed by atoms with van der Waals surface area (Å²) in [6.07, 6.45) is 11.1. The molecule has 1 aromatic heterocycles. The summed E-state index contributed by atoms with van der Waals surface area (Å²) in [5, 5.41) is 0. The van der Waals surface area contributed by atoms with E-state index < -0.39 is 0 Å². The average molecular weight is 348 g/mol. The predicted molar refractivity (Wildman–Crippen MR) is 101 cm³/mol. The second-order valence-electron chi connectivity index (χ2n) is 7.87. The molecule has 0 bridgehead atoms. The molecule has 1 heterocycles. The number of hydrogen-bond donors (Lipinski definition) is 2. The zero-order valence-corrected chi connectivity index (χ0v) is 15.4. The molecular weight excluding hydrogens is 314 g/mol. The summed E-state index contributed by atoms with van der Waals surface area (Å²) in [6, 6.07) is 3.13. The molecule has 2 aliphatic rings. The summed E-state index contributed by atoms with van der Waals surface area (Å²) in [4.78, 5) is 18.6. The van der Waals surface area contributed by atoms with Crippen LogP contribution in [0.3, 0.4) is 0 Å². The van der Waals surface area contributed by atoms with Crippen molar-refractivity contribution in [1.82, 2.24) is 14.5 Å². The van der Waals surface area contributed by atoms with Crippen LogP contribution in [-0.2, 0) is 0 Å². The van der Waals surface area contributed by atoms with Gasteiger partial charge in [-0.3, -0.25) is 4.57 Å². The van der Waals surface area contributed by atoms with Gasteiger partial charge < -0.3 is 16.4 Å². The van der Waals surface area contributed by atoms with Crippen molar-refractivity contribution in [2.45, 2.75) is 76.4 Å². The Balaban J connectivity index is 1.52. The van der Waals surface area contributed by atoms with Crippen molar-refractivity contribution in [3.63, 3.8) is 0 Å². The molecule has 2 fully saturated rings. The molecule has 25 heavy (non-hydrogen) atoms. The second-order valence-corrected chi connectivity index (χ2v) is 7.87. The van der Waals surface area contributed by atoms with Crippen LogP contribution in [0.2, 0.25) is 0 Å². The fraction of sp³-hybridized carbons (Fsp3) is 0.789. The van der Waals surface area contributed by atoms with E-state index in [1.807, 2.05) is 0 Å². The zero-order valence-electron chi connectivity index (χ0n) is 15.4. The predicted octanol–water partition coefficient (Wildman–Crippen LogP) is 2.15. The maximum absolute atomic E-state index is 12.0. The highest BCUT2D eigenvalue weighted by Gasteiger charge is 2.28. The molecule has 4 N–H and O–H groups in total. The van der Waals surface area contributed by atoms with Crippen LogP contribution in [0, 0.1) is 5.92 Å². The Kier molecular flexibility index (Phi) is 6.12. The minimum absolute atomic E-state index is 0.211. The summed E-state index contributed by atoms with van der Waals surface area (Å²) in [7, 11) is 0. The maximum atomic E-state index is 12.0. The van der Waals surface area contributed by atoms with Crippen LogP contribution in [0.4, 0.5) is 5.82 Å². The number of rotatable bonds is 5. The van der Waals surface area contributed by atoms with Gasteiger partial charge in [0.2, 0.25) is 0 Å². The molecule has 6 heteroatoms. The van der Waals surface area contributed by atoms with Crippen molar-refractivity contribution in [2.75, 3.05) is 18.8 Å². The topological polar surface area (TPSA) is 90.2 Å². The molecule has 0 aromatic carbocycles. The van der Waals surface area contributed by atoms with E-state index in [0.717, 1.165) is 25.3 Å². The summed E-state index contributed by atoms with van der Waals surface area (Å²) in [6.45, 7) is 4.60. The van der Waals surface area contributed by atoms with Gasteiger partial charge in [0.15, 0.2) is 0 Å². The van der Waals surface area contributed by atoms with Crippen molar-refractivity contribution in [2.24, 2.45) is 11.7 Å². The van der Waals surface area contributed by atoms with Crippen LogP contribution in [-0.4, -0.2) is 39.6 Å². The van der Waals surface area contributed by atoms with Crippen molar-refractivity contribution in [1.29, 1.82) is 0 Å². The van der Waals surface area contributed by atoms with E-state index in [9.17, 15) is 4.79 Å². The Labute approximate surface area is 150 Å². The lowest BCUT2D eigenvalue weighted by molar-refractivity contribution is 0.115. The minimum atomic E-state index is -0.211. The first-order valence-electron chi connectivity index (χ1n) is 9.91. The van der Waals surface area contributed by atoms with Crippen molar-refractivity contribution < 1.29 is 0 Å². The summed E-state index contributed by atoms with van der Waals surface area (Å²) >= 11 is 0. The Morgan fingerprint density at radius 3 is 2.44 bits per heavy atom. The van der Waals surface area contributed by atoms with Gasteiger partial charge in [0.25, 0.3) is 0 Å². The van der Waals surface area contributed by atoms with E-state index in [0.29, 0.717) is 17.9 Å². The normalized spacial score (nSPS) is 30.5. The molecule has 6 nitrogen and oxygen atoms in total. The monoisotopic (exact) mass is 347 g/mol. The van der Waals surface area contributed by atoms with Crippen LogP contribution in [0.15, 0.2) is 17.1 Å². The Morgan fingerprint density at radius 1 is 1.16 bits per heavy atom. The lowest BCUT2D eigenvalue weighted by Gasteiger charge is -2.39. The van der Waals surface area contributed by atoms with Crippen molar-refractivity contribution >= 4 is 5.82 Å². The van der Waals surface area contributed by atoms with E-state index in [2.05, 4.69) is 16.8 Å². The van der Waals surface area contributed by atoms with Gasteiger partial charge in [-0.2, -0.15) is 4.98 Å². The van der Waals surface area contributed by atoms with Crippen molar-refractivity contribution in [3.05, 3.63) is 22.7 Å². The number of nitrogen functional groups attached to an aromatic ring is 1. The number of nitrogens with zero attached hydrogens (tertiary/aromatic N) is 3. The van der Waals surface area contributed by atoms with Gasteiger partial charge >= 0.3 is 5.69 Å². The molecule has 0 amide bonds. The highest BCUT2D eigenvalue weighted by Crippen LogP contribution is 2.33. The fourth-order valence-corrected chi connectivity index (χ4v) is 4.64. The second kappa shape index (κ2) is 8.32. The van der Waals surface area contributed by atoms with Gasteiger partial charge in [-0.05, 0) is 69.9 Å². The van der Waals surface area contributed by atoms with Gasteiger partial charge in [-0.1, -0.05) is 6.92 Å². The summed E-state index contributed by atoms with van der Waals surface area (Å²) in [5.74, 6) is 1.05. The third kappa shape index (κ3) is 4.61. The third-order valence-electron chi connectivity index (χ3n) is 6.22. The van der Waals surface area contributed by atoms with Crippen LogP contribution >= 0.6 is 0 Å². The number of nitrogens with two attached hydrogens (primary N) is 2. The first kappa shape index (κ1) is 18.4. The van der Waals surface area contributed by atoms with Crippen LogP contribution in [0.1, 0.15) is 64.3 Å². The Bertz CT molecular complexity index is 600. The van der Waals surface area contributed by atoms with E-state index in [-0.39, 0.29) is 11.7 Å². The average Bonchev–Trinajstić information content (AvgIpc) is 2.61. The Morgan fingerprint density at radius 2 is 1.84 bits per heavy atom. The van der Waals surface area contributed by atoms with Crippen LogP contribution < -0.4 is 17.2 Å². The molecule has 1 aromatic rings. The molecule has 0 unspecified atom stereocenters. The SMILES string of the molecule is CCN(CC1CCC(n2ccc(N)nc2=O)CC1)C1CCC(N)CC1. The summed E-state index contributed by atoms with van der Waals surface area (Å²) in [5.41, 5.74) is 11.4. The van der Waals surface area contributed by atoms with E-state index in [4.69, 9.17) is 11.5 Å². The molecule has 2 saturated carbocycles. The maximum Gasteiger partial charge on any atom is 0.349 e. The molecule has 2 aliphatic carbocycles. The third-order valence-corrected chi connectivity index (χ3v) is 6.22. The molecule has 0 atom stereocenters. The lowest BCUT2D eigenvalue weighted by atomic mass is 9.84. The molecule has 140 valence electrons. The molecule has 0 aliphatic heterocycles. The first-order valence-corrected chi connectivity index (χ1v) is 9.91. The minimum Gasteiger partial charge on any atom is -0.383 e. The number of hydrogen-bond acceptors (Lipinski definition) is 5. The van der Waals surface area contributed by atoms with Gasteiger partial charge in [0, 0.05) is 30.9 Å². The zero-order chi connectivity index (χ0) is 17.8. The molecule has 3 rings (SSSR count).